The van der Waals surface area contributed by atoms with Gasteiger partial charge in [0.1, 0.15) is 5.82 Å². The fourth-order valence-corrected chi connectivity index (χ4v) is 4.52. The van der Waals surface area contributed by atoms with Gasteiger partial charge in [0.05, 0.1) is 5.69 Å². The zero-order valence-corrected chi connectivity index (χ0v) is 19.5. The Kier molecular flexibility index (Phi) is 6.15. The summed E-state index contributed by atoms with van der Waals surface area (Å²) >= 11 is 1.48. The number of aromatic nitrogens is 3. The number of fused-ring (bicyclic) bond motifs is 3. The van der Waals surface area contributed by atoms with Gasteiger partial charge >= 0.3 is 0 Å². The molecule has 166 valence electrons. The van der Waals surface area contributed by atoms with Crippen LogP contribution in [0.2, 0.25) is 0 Å². The molecule has 2 aromatic carbocycles. The molecule has 1 atom stereocenters. The van der Waals surface area contributed by atoms with Crippen molar-refractivity contribution < 1.29 is 13.9 Å². The van der Waals surface area contributed by atoms with Crippen LogP contribution < -0.4 is 9.64 Å². The highest BCUT2D eigenvalue weighted by Gasteiger charge is 2.37. The largest absolute Gasteiger partial charge is 0.447 e. The molecule has 0 saturated carbocycles. The summed E-state index contributed by atoms with van der Waals surface area (Å²) in [5.41, 5.74) is 3.84. The molecule has 1 aromatic heterocycles. The third kappa shape index (κ3) is 4.19. The van der Waals surface area contributed by atoms with Crippen LogP contribution in [0.4, 0.5) is 10.1 Å². The lowest BCUT2D eigenvalue weighted by molar-refractivity contribution is -0.118. The third-order valence-electron chi connectivity index (χ3n) is 5.09. The minimum Gasteiger partial charge on any atom is -0.447 e. The van der Waals surface area contributed by atoms with E-state index in [0.29, 0.717) is 28.0 Å². The number of carbonyl (C=O) groups is 1. The summed E-state index contributed by atoms with van der Waals surface area (Å²) in [5.74, 6) is 0.769. The van der Waals surface area contributed by atoms with Gasteiger partial charge in [0.15, 0.2) is 5.69 Å². The zero-order chi connectivity index (χ0) is 23.0. The van der Waals surface area contributed by atoms with Crippen LogP contribution >= 0.6 is 11.8 Å². The lowest BCUT2D eigenvalue weighted by Gasteiger charge is -2.31. The molecule has 3 aromatic rings. The van der Waals surface area contributed by atoms with Crippen molar-refractivity contribution in [1.29, 1.82) is 0 Å². The number of hydrogen-bond acceptors (Lipinski definition) is 6. The van der Waals surface area contributed by atoms with E-state index in [-0.39, 0.29) is 17.4 Å². The second-order valence-electron chi connectivity index (χ2n) is 8.31. The van der Waals surface area contributed by atoms with E-state index in [1.807, 2.05) is 26.0 Å². The average molecular weight is 453 g/mol. The first-order valence-electron chi connectivity index (χ1n) is 10.5. The summed E-state index contributed by atoms with van der Waals surface area (Å²) in [7, 11) is 0. The van der Waals surface area contributed by atoms with Gasteiger partial charge in [-0.05, 0) is 37.5 Å². The summed E-state index contributed by atoms with van der Waals surface area (Å²) in [6, 6.07) is 10.2. The molecule has 1 amide bonds. The maximum absolute atomic E-state index is 14.9. The molecule has 2 heterocycles. The van der Waals surface area contributed by atoms with Crippen molar-refractivity contribution in [3.05, 3.63) is 58.9 Å². The highest BCUT2D eigenvalue weighted by molar-refractivity contribution is 7.99. The molecule has 0 aliphatic carbocycles. The van der Waals surface area contributed by atoms with Gasteiger partial charge in [0.25, 0.3) is 0 Å². The topological polar surface area (TPSA) is 68.2 Å². The van der Waals surface area contributed by atoms with Gasteiger partial charge in [-0.3, -0.25) is 9.69 Å². The average Bonchev–Trinajstić information content (AvgIpc) is 2.87. The van der Waals surface area contributed by atoms with Crippen LogP contribution in [0.5, 0.6) is 5.88 Å². The molecular weight excluding hydrogens is 427 g/mol. The maximum atomic E-state index is 14.9. The summed E-state index contributed by atoms with van der Waals surface area (Å²) in [6.07, 6.45) is -1.03. The standard InChI is InChI=1S/C24H25FN4O2S/c1-13(2)12-32-24-26-22-20(27-28-24)18-11-14(3)10-15(4)21(18)29(16(5)30)23(31-22)17-8-6-7-9-19(17)25/h6-11,13,23H,12H2,1-5H3/t23-/m1/s1. The Labute approximate surface area is 191 Å². The highest BCUT2D eigenvalue weighted by Crippen LogP contribution is 2.45. The fraction of sp³-hybridized carbons (Fsp3) is 0.333. The van der Waals surface area contributed by atoms with E-state index in [1.54, 1.807) is 18.2 Å². The Morgan fingerprint density at radius 2 is 1.97 bits per heavy atom. The molecule has 6 nitrogen and oxygen atoms in total. The predicted molar refractivity (Wildman–Crippen MR) is 123 cm³/mol. The molecule has 1 aliphatic rings. The van der Waals surface area contributed by atoms with Crippen LogP contribution in [-0.4, -0.2) is 26.8 Å². The third-order valence-corrected chi connectivity index (χ3v) is 6.35. The summed E-state index contributed by atoms with van der Waals surface area (Å²) in [4.78, 5) is 19.0. The van der Waals surface area contributed by atoms with Crippen LogP contribution in [0.1, 0.15) is 43.7 Å². The fourth-order valence-electron chi connectivity index (χ4n) is 3.79. The van der Waals surface area contributed by atoms with Gasteiger partial charge in [0.2, 0.25) is 23.2 Å². The number of hydrogen-bond donors (Lipinski definition) is 0. The highest BCUT2D eigenvalue weighted by atomic mass is 32.2. The molecular formula is C24H25FN4O2S. The molecule has 8 heteroatoms. The van der Waals surface area contributed by atoms with Crippen LogP contribution in [-0.2, 0) is 4.79 Å². The number of amides is 1. The first-order valence-corrected chi connectivity index (χ1v) is 11.4. The molecule has 0 unspecified atom stereocenters. The Balaban J connectivity index is 1.96. The van der Waals surface area contributed by atoms with Gasteiger partial charge in [-0.1, -0.05) is 55.4 Å². The lowest BCUT2D eigenvalue weighted by atomic mass is 10.00. The number of rotatable bonds is 4. The summed E-state index contributed by atoms with van der Waals surface area (Å²) in [6.45, 7) is 9.55. The smallest absolute Gasteiger partial charge is 0.247 e. The number of benzene rings is 2. The van der Waals surface area contributed by atoms with Crippen molar-refractivity contribution in [3.63, 3.8) is 0 Å². The zero-order valence-electron chi connectivity index (χ0n) is 18.7. The Morgan fingerprint density at radius 3 is 2.66 bits per heavy atom. The Morgan fingerprint density at radius 1 is 1.22 bits per heavy atom. The van der Waals surface area contributed by atoms with Crippen molar-refractivity contribution in [1.82, 2.24) is 15.2 Å². The summed E-state index contributed by atoms with van der Waals surface area (Å²) < 4.78 is 21.1. The van der Waals surface area contributed by atoms with E-state index in [9.17, 15) is 9.18 Å². The molecule has 0 radical (unpaired) electrons. The number of aryl methyl sites for hydroxylation is 2. The Hall–Kier alpha value is -3.00. The van der Waals surface area contributed by atoms with Crippen LogP contribution in [0.3, 0.4) is 0 Å². The number of anilines is 1. The van der Waals surface area contributed by atoms with Crippen molar-refractivity contribution in [2.75, 3.05) is 10.7 Å². The van der Waals surface area contributed by atoms with Gasteiger partial charge in [0, 0.05) is 23.8 Å². The van der Waals surface area contributed by atoms with Crippen LogP contribution in [0.25, 0.3) is 11.3 Å². The molecule has 1 aliphatic heterocycles. The van der Waals surface area contributed by atoms with Crippen LogP contribution in [0, 0.1) is 25.6 Å². The number of thioether (sulfide) groups is 1. The molecule has 0 fully saturated rings. The van der Waals surface area contributed by atoms with E-state index in [1.165, 1.54) is 29.7 Å². The maximum Gasteiger partial charge on any atom is 0.247 e. The van der Waals surface area contributed by atoms with Gasteiger partial charge in [-0.15, -0.1) is 10.2 Å². The second kappa shape index (κ2) is 8.86. The van der Waals surface area contributed by atoms with E-state index in [4.69, 9.17) is 4.74 Å². The van der Waals surface area contributed by atoms with Crippen molar-refractivity contribution >= 4 is 23.4 Å². The van der Waals surface area contributed by atoms with Crippen LogP contribution in [0.15, 0.2) is 41.6 Å². The predicted octanol–water partition coefficient (Wildman–Crippen LogP) is 5.49. The molecule has 4 rings (SSSR count). The summed E-state index contributed by atoms with van der Waals surface area (Å²) in [5, 5.41) is 9.21. The first kappa shape index (κ1) is 22.2. The van der Waals surface area contributed by atoms with Crippen molar-refractivity contribution in [2.24, 2.45) is 5.92 Å². The molecule has 0 spiro atoms. The van der Waals surface area contributed by atoms with E-state index in [0.717, 1.165) is 16.9 Å². The minimum absolute atomic E-state index is 0.231. The minimum atomic E-state index is -1.03. The molecule has 0 N–H and O–H groups in total. The number of ether oxygens (including phenoxy) is 1. The van der Waals surface area contributed by atoms with E-state index < -0.39 is 12.0 Å². The molecule has 32 heavy (non-hydrogen) atoms. The monoisotopic (exact) mass is 452 g/mol. The van der Waals surface area contributed by atoms with Crippen molar-refractivity contribution in [2.45, 2.75) is 46.0 Å². The molecule has 0 saturated heterocycles. The van der Waals surface area contributed by atoms with Crippen molar-refractivity contribution in [3.8, 4) is 17.1 Å². The van der Waals surface area contributed by atoms with E-state index in [2.05, 4.69) is 29.0 Å². The molecule has 0 bridgehead atoms. The Bertz CT molecular complexity index is 1180. The normalized spacial score (nSPS) is 15.1. The number of halogens is 1. The SMILES string of the molecule is CC(=O)N1c2c(C)cc(C)cc2-c2nnc(SCC(C)C)nc2O[C@@H]1c1ccccc1F. The number of carbonyl (C=O) groups excluding carboxylic acids is 1. The van der Waals surface area contributed by atoms with Gasteiger partial charge < -0.3 is 4.74 Å². The lowest BCUT2D eigenvalue weighted by Crippen LogP contribution is -2.37. The first-order chi connectivity index (χ1) is 15.3. The van der Waals surface area contributed by atoms with Gasteiger partial charge in [-0.2, -0.15) is 4.98 Å². The second-order valence-corrected chi connectivity index (χ2v) is 9.30. The number of nitrogens with zero attached hydrogens (tertiary/aromatic N) is 4. The van der Waals surface area contributed by atoms with E-state index >= 15 is 0 Å². The quantitative estimate of drug-likeness (QED) is 0.488. The van der Waals surface area contributed by atoms with Gasteiger partial charge in [-0.25, -0.2) is 4.39 Å².